The molecule has 0 amide bonds. The van der Waals surface area contributed by atoms with Crippen molar-refractivity contribution in [2.75, 3.05) is 19.8 Å². The molecule has 8 nitrogen and oxygen atoms in total. The van der Waals surface area contributed by atoms with Gasteiger partial charge in [0.05, 0.1) is 31.5 Å². The van der Waals surface area contributed by atoms with Crippen molar-refractivity contribution in [3.63, 3.8) is 0 Å². The Balaban J connectivity index is 0.00000363. The standard InChI is InChI=1S/C22H31N5O3S.HI/c1-5-23-22(25-12-17-9-10-24-18(11-17)30-13-16-7-8-16)27-15(4)20-26-14(3)19(31-20)21(28)29-6-2;/h9-11,15-16H,5-8,12-13H2,1-4H3,(H2,23,25,27);1H. The highest BCUT2D eigenvalue weighted by Gasteiger charge is 2.22. The van der Waals surface area contributed by atoms with E-state index >= 15 is 0 Å². The summed E-state index contributed by atoms with van der Waals surface area (Å²) >= 11 is 1.35. The lowest BCUT2D eigenvalue weighted by Gasteiger charge is -2.16. The first-order valence-corrected chi connectivity index (χ1v) is 11.6. The van der Waals surface area contributed by atoms with E-state index in [4.69, 9.17) is 9.47 Å². The van der Waals surface area contributed by atoms with Gasteiger partial charge in [0.15, 0.2) is 5.96 Å². The Kier molecular flexibility index (Phi) is 10.6. The third-order valence-corrected chi connectivity index (χ3v) is 6.04. The Morgan fingerprint density at radius 3 is 2.84 bits per heavy atom. The number of nitrogens with one attached hydrogen (secondary N) is 2. The highest BCUT2D eigenvalue weighted by Crippen LogP contribution is 2.29. The molecule has 3 rings (SSSR count). The van der Waals surface area contributed by atoms with Gasteiger partial charge in [-0.2, -0.15) is 0 Å². The molecule has 2 heterocycles. The second kappa shape index (κ2) is 12.9. The van der Waals surface area contributed by atoms with Gasteiger partial charge < -0.3 is 20.1 Å². The minimum Gasteiger partial charge on any atom is -0.477 e. The highest BCUT2D eigenvalue weighted by atomic mass is 127. The van der Waals surface area contributed by atoms with E-state index in [0.717, 1.165) is 23.7 Å². The van der Waals surface area contributed by atoms with Crippen LogP contribution in [0.3, 0.4) is 0 Å². The smallest absolute Gasteiger partial charge is 0.350 e. The van der Waals surface area contributed by atoms with Crippen LogP contribution in [0.5, 0.6) is 5.88 Å². The number of nitrogens with zero attached hydrogens (tertiary/aromatic N) is 3. The lowest BCUT2D eigenvalue weighted by Crippen LogP contribution is -2.38. The third-order valence-electron chi connectivity index (χ3n) is 4.72. The zero-order valence-electron chi connectivity index (χ0n) is 19.0. The van der Waals surface area contributed by atoms with Crippen LogP contribution in [-0.4, -0.2) is 41.7 Å². The predicted octanol–water partition coefficient (Wildman–Crippen LogP) is 4.25. The Hall–Kier alpha value is -1.95. The van der Waals surface area contributed by atoms with E-state index in [9.17, 15) is 4.79 Å². The van der Waals surface area contributed by atoms with Crippen LogP contribution in [0, 0.1) is 12.8 Å². The largest absolute Gasteiger partial charge is 0.477 e. The number of pyridine rings is 1. The lowest BCUT2D eigenvalue weighted by molar-refractivity contribution is 0.0531. The maximum Gasteiger partial charge on any atom is 0.350 e. The number of rotatable bonds is 10. The number of guanidine groups is 1. The van der Waals surface area contributed by atoms with Crippen LogP contribution in [0.25, 0.3) is 0 Å². The highest BCUT2D eigenvalue weighted by molar-refractivity contribution is 14.0. The fraction of sp³-hybridized carbons (Fsp3) is 0.545. The summed E-state index contributed by atoms with van der Waals surface area (Å²) in [6.07, 6.45) is 4.25. The van der Waals surface area contributed by atoms with Gasteiger partial charge in [0, 0.05) is 18.8 Å². The topological polar surface area (TPSA) is 97.7 Å². The Bertz CT molecular complexity index is 917. The minimum absolute atomic E-state index is 0. The Morgan fingerprint density at radius 2 is 2.16 bits per heavy atom. The van der Waals surface area contributed by atoms with Crippen LogP contribution in [0.1, 0.15) is 65.6 Å². The molecular formula is C22H32IN5O3S. The van der Waals surface area contributed by atoms with Crippen molar-refractivity contribution in [1.82, 2.24) is 20.6 Å². The Morgan fingerprint density at radius 1 is 1.38 bits per heavy atom. The van der Waals surface area contributed by atoms with Gasteiger partial charge in [0.2, 0.25) is 5.88 Å². The molecule has 2 aromatic heterocycles. The first-order valence-electron chi connectivity index (χ1n) is 10.8. The van der Waals surface area contributed by atoms with Crippen LogP contribution in [0.2, 0.25) is 0 Å². The molecule has 1 saturated carbocycles. The fourth-order valence-electron chi connectivity index (χ4n) is 2.86. The zero-order valence-corrected chi connectivity index (χ0v) is 22.2. The number of aryl methyl sites for hydroxylation is 1. The van der Waals surface area contributed by atoms with E-state index in [1.165, 1.54) is 24.2 Å². The average molecular weight is 574 g/mol. The van der Waals surface area contributed by atoms with Crippen molar-refractivity contribution in [3.8, 4) is 5.88 Å². The van der Waals surface area contributed by atoms with Crippen LogP contribution in [0.15, 0.2) is 23.3 Å². The van der Waals surface area contributed by atoms with Crippen molar-refractivity contribution < 1.29 is 14.3 Å². The summed E-state index contributed by atoms with van der Waals surface area (Å²) in [5.74, 6) is 1.69. The van der Waals surface area contributed by atoms with Crippen molar-refractivity contribution in [2.24, 2.45) is 10.9 Å². The number of hydrogen-bond acceptors (Lipinski definition) is 7. The summed E-state index contributed by atoms with van der Waals surface area (Å²) in [4.78, 5) is 26.1. The maximum absolute atomic E-state index is 12.1. The SMILES string of the molecule is CCNC(=NCc1ccnc(OCC2CC2)c1)NC(C)c1nc(C)c(C(=O)OCC)s1.I. The van der Waals surface area contributed by atoms with Gasteiger partial charge in [-0.1, -0.05) is 0 Å². The maximum atomic E-state index is 12.1. The number of ether oxygens (including phenoxy) is 2. The number of hydrogen-bond donors (Lipinski definition) is 2. The zero-order chi connectivity index (χ0) is 22.2. The second-order valence-corrected chi connectivity index (χ2v) is 8.54. The first kappa shape index (κ1) is 26.3. The van der Waals surface area contributed by atoms with Crippen LogP contribution in [0.4, 0.5) is 0 Å². The van der Waals surface area contributed by atoms with Crippen molar-refractivity contribution in [1.29, 1.82) is 0 Å². The first-order chi connectivity index (χ1) is 15.0. The summed E-state index contributed by atoms with van der Waals surface area (Å²) < 4.78 is 10.9. The molecule has 0 radical (unpaired) electrons. The number of carbonyl (C=O) groups excluding carboxylic acids is 1. The predicted molar refractivity (Wildman–Crippen MR) is 137 cm³/mol. The average Bonchev–Trinajstić information content (AvgIpc) is 3.50. The van der Waals surface area contributed by atoms with Crippen LogP contribution >= 0.6 is 35.3 Å². The summed E-state index contributed by atoms with van der Waals surface area (Å²) in [7, 11) is 0. The van der Waals surface area contributed by atoms with E-state index in [0.29, 0.717) is 41.5 Å². The molecule has 0 aromatic carbocycles. The normalized spacial score (nSPS) is 14.3. The van der Waals surface area contributed by atoms with Gasteiger partial charge in [-0.3, -0.25) is 0 Å². The summed E-state index contributed by atoms with van der Waals surface area (Å²) in [6, 6.07) is 3.77. The van der Waals surface area contributed by atoms with E-state index in [2.05, 4.69) is 25.6 Å². The van der Waals surface area contributed by atoms with Gasteiger partial charge >= 0.3 is 5.97 Å². The molecule has 1 aliphatic carbocycles. The van der Waals surface area contributed by atoms with Crippen molar-refractivity contribution in [3.05, 3.63) is 39.5 Å². The van der Waals surface area contributed by atoms with Crippen molar-refractivity contribution in [2.45, 2.75) is 53.1 Å². The van der Waals surface area contributed by atoms with Crippen molar-refractivity contribution >= 4 is 47.2 Å². The number of thiazole rings is 1. The number of halogens is 1. The summed E-state index contributed by atoms with van der Waals surface area (Å²) in [5.41, 5.74) is 1.71. The molecule has 0 aliphatic heterocycles. The number of aliphatic imine (C=N–C) groups is 1. The molecule has 2 N–H and O–H groups in total. The molecule has 0 spiro atoms. The van der Waals surface area contributed by atoms with Crippen LogP contribution in [-0.2, 0) is 11.3 Å². The molecule has 176 valence electrons. The van der Waals surface area contributed by atoms with Gasteiger partial charge in [0.1, 0.15) is 9.88 Å². The molecule has 1 fully saturated rings. The quantitative estimate of drug-likeness (QED) is 0.190. The van der Waals surface area contributed by atoms with Crippen LogP contribution < -0.4 is 15.4 Å². The van der Waals surface area contributed by atoms with Gasteiger partial charge in [0.25, 0.3) is 0 Å². The second-order valence-electron chi connectivity index (χ2n) is 7.51. The molecule has 1 aliphatic rings. The van der Waals surface area contributed by atoms with Gasteiger partial charge in [-0.25, -0.2) is 19.8 Å². The minimum atomic E-state index is -0.325. The monoisotopic (exact) mass is 573 g/mol. The molecule has 0 bridgehead atoms. The Labute approximate surface area is 210 Å². The third kappa shape index (κ3) is 7.88. The molecule has 2 aromatic rings. The number of esters is 1. The van der Waals surface area contributed by atoms with Gasteiger partial charge in [-0.15, -0.1) is 35.3 Å². The number of carbonyl (C=O) groups is 1. The van der Waals surface area contributed by atoms with Gasteiger partial charge in [-0.05, 0) is 58.1 Å². The van der Waals surface area contributed by atoms with E-state index < -0.39 is 0 Å². The summed E-state index contributed by atoms with van der Waals surface area (Å²) in [6.45, 7) is 9.95. The summed E-state index contributed by atoms with van der Waals surface area (Å²) in [5, 5.41) is 7.44. The lowest BCUT2D eigenvalue weighted by atomic mass is 10.2. The molecule has 10 heteroatoms. The number of aromatic nitrogens is 2. The molecule has 0 saturated heterocycles. The molecule has 1 atom stereocenters. The molecular weight excluding hydrogens is 541 g/mol. The van der Waals surface area contributed by atoms with E-state index in [-0.39, 0.29) is 36.0 Å². The van der Waals surface area contributed by atoms with E-state index in [1.807, 2.05) is 32.9 Å². The molecule has 32 heavy (non-hydrogen) atoms. The molecule has 1 unspecified atom stereocenters. The van der Waals surface area contributed by atoms with E-state index in [1.54, 1.807) is 13.1 Å². The fourth-order valence-corrected chi connectivity index (χ4v) is 3.82.